The van der Waals surface area contributed by atoms with Gasteiger partial charge in [0.15, 0.2) is 5.84 Å². The monoisotopic (exact) mass is 811 g/mol. The number of para-hydroxylation sites is 2. The lowest BCUT2D eigenvalue weighted by molar-refractivity contribution is -0.117. The highest BCUT2D eigenvalue weighted by Gasteiger charge is 2.39. The van der Waals surface area contributed by atoms with Crippen molar-refractivity contribution >= 4 is 49.3 Å². The molecule has 16 heteroatoms. The summed E-state index contributed by atoms with van der Waals surface area (Å²) in [4.78, 5) is 25.0. The number of azo groups is 1. The minimum atomic E-state index is -4.99. The molecule has 0 bridgehead atoms. The minimum absolute atomic E-state index is 0.301. The number of benzene rings is 3. The molecule has 0 aliphatic carbocycles. The van der Waals surface area contributed by atoms with Crippen molar-refractivity contribution in [1.82, 2.24) is 5.32 Å². The van der Waals surface area contributed by atoms with Gasteiger partial charge in [0.1, 0.15) is 11.4 Å². The van der Waals surface area contributed by atoms with Crippen molar-refractivity contribution in [3.8, 4) is 5.75 Å². The fourth-order valence-electron chi connectivity index (χ4n) is 6.20. The number of carbonyl (C=O) groups excluding carboxylic acids is 2. The first kappa shape index (κ1) is 44.2. The zero-order valence-corrected chi connectivity index (χ0v) is 33.5. The number of carbonyl (C=O) groups is 2. The van der Waals surface area contributed by atoms with E-state index in [1.54, 1.807) is 54.6 Å². The maximum atomic E-state index is 13.6. The van der Waals surface area contributed by atoms with Crippen LogP contribution in [0, 0.1) is 0 Å². The van der Waals surface area contributed by atoms with Crippen molar-refractivity contribution in [3.63, 3.8) is 0 Å². The molecule has 1 aliphatic heterocycles. The van der Waals surface area contributed by atoms with Gasteiger partial charge in [0.05, 0.1) is 22.1 Å². The number of ether oxygens (including phenoxy) is 1. The number of amides is 2. The second-order valence-electron chi connectivity index (χ2n) is 13.8. The first-order valence-corrected chi connectivity index (χ1v) is 22.3. The van der Waals surface area contributed by atoms with Gasteiger partial charge in [-0.15, -0.1) is 5.10 Å². The zero-order valence-electron chi connectivity index (χ0n) is 31.9. The van der Waals surface area contributed by atoms with E-state index in [0.717, 1.165) is 24.3 Å². The predicted octanol–water partition coefficient (Wildman–Crippen LogP) is 9.06. The van der Waals surface area contributed by atoms with Gasteiger partial charge < -0.3 is 10.1 Å². The minimum Gasteiger partial charge on any atom is -0.491 e. The molecule has 0 saturated heterocycles. The molecule has 1 atom stereocenters. The highest BCUT2D eigenvalue weighted by molar-refractivity contribution is 7.86. The summed E-state index contributed by atoms with van der Waals surface area (Å²) in [5, 5.41) is 16.1. The Hall–Kier alpha value is -4.51. The van der Waals surface area contributed by atoms with Crippen molar-refractivity contribution in [2.75, 3.05) is 11.6 Å². The molecule has 3 N–H and O–H groups in total. The van der Waals surface area contributed by atoms with Crippen LogP contribution in [0.25, 0.3) is 0 Å². The third kappa shape index (κ3) is 14.2. The number of nitrogens with zero attached hydrogens (tertiary/aromatic N) is 4. The molecule has 1 heterocycles. The Morgan fingerprint density at radius 1 is 0.732 bits per heavy atom. The molecule has 0 saturated carbocycles. The third-order valence-electron chi connectivity index (χ3n) is 9.29. The molecule has 0 aromatic heterocycles. The van der Waals surface area contributed by atoms with Crippen molar-refractivity contribution in [2.24, 2.45) is 15.3 Å². The molecule has 0 spiro atoms. The summed E-state index contributed by atoms with van der Waals surface area (Å²) < 4.78 is 72.4. The number of hydrazone groups is 1. The maximum Gasteiger partial charge on any atom is 0.294 e. The standard InChI is InChI=1S/C40H53N5O9S2/c1-2-3-4-5-6-7-8-9-10-11-12-13-14-15-16-22-27-54-36-26-21-20-25-35(36)42-43-37-38(44-45(40(37)47)32-23-18-17-19-24-32)41-39(46)31-28-33(55(48,49)50)30-34(29-31)56(51,52)53/h17-21,23-26,28-30,37H,2-16,22,27H2,1H3,(H,41,44,46)(H,48,49,50)(H,51,52,53)/b43-42+. The summed E-state index contributed by atoms with van der Waals surface area (Å²) in [6.45, 7) is 2.72. The van der Waals surface area contributed by atoms with Gasteiger partial charge in [-0.2, -0.15) is 32.1 Å². The Labute approximate surface area is 330 Å². The van der Waals surface area contributed by atoms with Crippen LogP contribution in [0.4, 0.5) is 11.4 Å². The van der Waals surface area contributed by atoms with E-state index in [0.29, 0.717) is 41.9 Å². The Bertz CT molecular complexity index is 1970. The van der Waals surface area contributed by atoms with E-state index >= 15 is 0 Å². The average Bonchev–Trinajstić information content (AvgIpc) is 3.48. The lowest BCUT2D eigenvalue weighted by Crippen LogP contribution is -2.39. The molecule has 1 aliphatic rings. The van der Waals surface area contributed by atoms with Crippen molar-refractivity contribution in [3.05, 3.63) is 78.4 Å². The van der Waals surface area contributed by atoms with E-state index in [4.69, 9.17) is 4.74 Å². The summed E-state index contributed by atoms with van der Waals surface area (Å²) >= 11 is 0. The molecule has 0 radical (unpaired) electrons. The summed E-state index contributed by atoms with van der Waals surface area (Å²) in [6.07, 6.45) is 20.3. The number of rotatable bonds is 24. The first-order valence-electron chi connectivity index (χ1n) is 19.4. The molecule has 4 rings (SSSR count). The Balaban J connectivity index is 1.32. The van der Waals surface area contributed by atoms with Gasteiger partial charge in [0.2, 0.25) is 6.04 Å². The summed E-state index contributed by atoms with van der Waals surface area (Å²) in [5.41, 5.74) is 0.107. The van der Waals surface area contributed by atoms with Gasteiger partial charge in [-0.05, 0) is 48.9 Å². The van der Waals surface area contributed by atoms with Crippen LogP contribution in [-0.2, 0) is 25.0 Å². The number of anilines is 1. The highest BCUT2D eigenvalue weighted by Crippen LogP contribution is 2.29. The highest BCUT2D eigenvalue weighted by atomic mass is 32.2. The van der Waals surface area contributed by atoms with E-state index < -0.39 is 53.4 Å². The average molecular weight is 812 g/mol. The zero-order chi connectivity index (χ0) is 40.4. The van der Waals surface area contributed by atoms with Crippen molar-refractivity contribution < 1.29 is 40.3 Å². The fraction of sp³-hybridized carbons (Fsp3) is 0.475. The lowest BCUT2D eigenvalue weighted by Gasteiger charge is -2.12. The second kappa shape index (κ2) is 22.3. The van der Waals surface area contributed by atoms with Gasteiger partial charge in [0.25, 0.3) is 32.1 Å². The fourth-order valence-corrected chi connectivity index (χ4v) is 7.38. The van der Waals surface area contributed by atoms with Crippen LogP contribution < -0.4 is 15.1 Å². The van der Waals surface area contributed by atoms with Crippen LogP contribution in [0.2, 0.25) is 0 Å². The van der Waals surface area contributed by atoms with Crippen LogP contribution in [0.15, 0.2) is 97.9 Å². The molecule has 3 aromatic rings. The van der Waals surface area contributed by atoms with E-state index in [1.165, 1.54) is 83.5 Å². The van der Waals surface area contributed by atoms with E-state index in [9.17, 15) is 35.5 Å². The molecule has 3 aromatic carbocycles. The van der Waals surface area contributed by atoms with Gasteiger partial charge in [-0.25, -0.2) is 0 Å². The molecule has 2 amide bonds. The Morgan fingerprint density at radius 2 is 1.23 bits per heavy atom. The van der Waals surface area contributed by atoms with E-state index in [1.807, 2.05) is 0 Å². The van der Waals surface area contributed by atoms with E-state index in [2.05, 4.69) is 27.6 Å². The number of nitrogens with one attached hydrogen (secondary N) is 1. The molecule has 0 fully saturated rings. The molecule has 56 heavy (non-hydrogen) atoms. The van der Waals surface area contributed by atoms with Gasteiger partial charge in [-0.3, -0.25) is 18.7 Å². The summed E-state index contributed by atoms with van der Waals surface area (Å²) in [5.74, 6) is -1.63. The van der Waals surface area contributed by atoms with Crippen LogP contribution in [-0.4, -0.2) is 56.2 Å². The number of hydrogen-bond donors (Lipinski definition) is 3. The van der Waals surface area contributed by atoms with Gasteiger partial charge in [0, 0.05) is 5.56 Å². The smallest absolute Gasteiger partial charge is 0.294 e. The molecule has 14 nitrogen and oxygen atoms in total. The van der Waals surface area contributed by atoms with Crippen LogP contribution in [0.1, 0.15) is 120 Å². The van der Waals surface area contributed by atoms with Crippen LogP contribution >= 0.6 is 0 Å². The summed E-state index contributed by atoms with van der Waals surface area (Å²) in [6, 6.07) is 15.6. The molecule has 1 unspecified atom stereocenters. The van der Waals surface area contributed by atoms with Crippen molar-refractivity contribution in [2.45, 2.75) is 125 Å². The lowest BCUT2D eigenvalue weighted by atomic mass is 10.0. The maximum absolute atomic E-state index is 13.6. The SMILES string of the molecule is CCCCCCCCCCCCCCCCCCOc1ccccc1/N=N/C1C(=O)N(c2ccccc2)N=C1NC(=O)c1cc(S(=O)(=O)O)cc(S(=O)(=O)O)c1. The van der Waals surface area contributed by atoms with Gasteiger partial charge in [-0.1, -0.05) is 134 Å². The molecular formula is C40H53N5O9S2. The van der Waals surface area contributed by atoms with Crippen LogP contribution in [0.5, 0.6) is 5.75 Å². The quantitative estimate of drug-likeness (QED) is 0.0448. The molecule has 304 valence electrons. The Morgan fingerprint density at radius 3 is 1.77 bits per heavy atom. The topological polar surface area (TPSA) is 204 Å². The first-order chi connectivity index (χ1) is 26.9. The molecular weight excluding hydrogens is 759 g/mol. The second-order valence-corrected chi connectivity index (χ2v) is 16.6. The largest absolute Gasteiger partial charge is 0.491 e. The normalized spacial score (nSPS) is 14.7. The number of hydrogen-bond acceptors (Lipinski definition) is 10. The van der Waals surface area contributed by atoms with E-state index in [-0.39, 0.29) is 5.84 Å². The van der Waals surface area contributed by atoms with Gasteiger partial charge >= 0.3 is 0 Å². The van der Waals surface area contributed by atoms with Crippen molar-refractivity contribution in [1.29, 1.82) is 0 Å². The predicted molar refractivity (Wildman–Crippen MR) is 215 cm³/mol. The van der Waals surface area contributed by atoms with Crippen LogP contribution in [0.3, 0.4) is 0 Å². The third-order valence-corrected chi connectivity index (χ3v) is 11.0. The number of amidine groups is 1. The Kier molecular flexibility index (Phi) is 17.6. The number of unbranched alkanes of at least 4 members (excludes halogenated alkanes) is 15. The summed E-state index contributed by atoms with van der Waals surface area (Å²) in [7, 11) is -9.98.